The normalized spacial score (nSPS) is 22.3. The van der Waals surface area contributed by atoms with Crippen molar-refractivity contribution in [1.82, 2.24) is 9.21 Å². The molecule has 0 saturated carbocycles. The van der Waals surface area contributed by atoms with Crippen molar-refractivity contribution in [3.8, 4) is 0 Å². The zero-order valence-electron chi connectivity index (χ0n) is 24.0. The number of nitrogens with zero attached hydrogens (tertiary/aromatic N) is 2. The zero-order chi connectivity index (χ0) is 29.0. The van der Waals surface area contributed by atoms with Crippen molar-refractivity contribution in [2.75, 3.05) is 25.9 Å². The lowest BCUT2D eigenvalue weighted by Crippen LogP contribution is -2.54. The molecular formula is C29H45N3O6S. The maximum atomic E-state index is 13.6. The van der Waals surface area contributed by atoms with E-state index in [2.05, 4.69) is 0 Å². The summed E-state index contributed by atoms with van der Waals surface area (Å²) in [6.45, 7) is 8.89. The van der Waals surface area contributed by atoms with E-state index >= 15 is 0 Å². The summed E-state index contributed by atoms with van der Waals surface area (Å²) in [5, 5.41) is 0. The SMILES string of the molecule is CC[C@@H]1CCCN(C(=O)OC(C)(C)C)[C@@H]1C(=O)C[C@@H](Cc1ccc(C2CCN(S(C)(=O)=O)CC2)cc1)C(N)=O. The zero-order valence-corrected chi connectivity index (χ0v) is 24.8. The van der Waals surface area contributed by atoms with Crippen molar-refractivity contribution in [2.45, 2.75) is 90.2 Å². The van der Waals surface area contributed by atoms with Gasteiger partial charge in [0, 0.05) is 32.0 Å². The molecule has 0 radical (unpaired) electrons. The molecule has 0 aliphatic carbocycles. The maximum absolute atomic E-state index is 13.6. The molecule has 218 valence electrons. The number of Topliss-reactive ketones (excluding diaryl/α,β-unsaturated/α-hetero) is 1. The highest BCUT2D eigenvalue weighted by Crippen LogP contribution is 2.32. The van der Waals surface area contributed by atoms with Crippen molar-refractivity contribution in [2.24, 2.45) is 17.6 Å². The molecule has 0 bridgehead atoms. The number of sulfonamides is 1. The molecule has 2 N–H and O–H groups in total. The van der Waals surface area contributed by atoms with Crippen molar-refractivity contribution >= 4 is 27.8 Å². The highest BCUT2D eigenvalue weighted by molar-refractivity contribution is 7.88. The van der Waals surface area contributed by atoms with Crippen LogP contribution in [0.15, 0.2) is 24.3 Å². The number of carbonyl (C=O) groups is 3. The summed E-state index contributed by atoms with van der Waals surface area (Å²) >= 11 is 0. The van der Waals surface area contributed by atoms with Crippen molar-refractivity contribution < 1.29 is 27.5 Å². The second-order valence-electron chi connectivity index (χ2n) is 12.1. The van der Waals surface area contributed by atoms with Gasteiger partial charge in [-0.1, -0.05) is 37.6 Å². The van der Waals surface area contributed by atoms with E-state index in [1.807, 2.05) is 31.2 Å². The highest BCUT2D eigenvalue weighted by Gasteiger charge is 2.41. The van der Waals surface area contributed by atoms with Crippen molar-refractivity contribution in [1.29, 1.82) is 0 Å². The molecule has 10 heteroatoms. The molecule has 0 spiro atoms. The third-order valence-corrected chi connectivity index (χ3v) is 9.25. The number of hydrogen-bond acceptors (Lipinski definition) is 6. The van der Waals surface area contributed by atoms with Crippen molar-refractivity contribution in [3.63, 3.8) is 0 Å². The Kier molecular flexibility index (Phi) is 10.2. The molecule has 2 heterocycles. The molecule has 3 atom stereocenters. The van der Waals surface area contributed by atoms with E-state index in [1.54, 1.807) is 25.7 Å². The number of ketones is 1. The number of ether oxygens (including phenoxy) is 1. The number of piperidine rings is 2. The van der Waals surface area contributed by atoms with Gasteiger partial charge in [0.1, 0.15) is 5.60 Å². The summed E-state index contributed by atoms with van der Waals surface area (Å²) in [6.07, 6.45) is 4.99. The summed E-state index contributed by atoms with van der Waals surface area (Å²) in [6, 6.07) is 7.34. The van der Waals surface area contributed by atoms with Crippen LogP contribution in [-0.4, -0.2) is 72.9 Å². The second-order valence-corrected chi connectivity index (χ2v) is 14.1. The second kappa shape index (κ2) is 12.8. The first-order chi connectivity index (χ1) is 18.2. The molecular weight excluding hydrogens is 518 g/mol. The Bertz CT molecular complexity index is 1120. The molecule has 39 heavy (non-hydrogen) atoms. The molecule has 9 nitrogen and oxygen atoms in total. The van der Waals surface area contributed by atoms with E-state index in [9.17, 15) is 22.8 Å². The lowest BCUT2D eigenvalue weighted by atomic mass is 9.81. The van der Waals surface area contributed by atoms with E-state index in [4.69, 9.17) is 10.5 Å². The number of rotatable bonds is 9. The Balaban J connectivity index is 1.68. The van der Waals surface area contributed by atoms with Gasteiger partial charge in [0.25, 0.3) is 0 Å². The van der Waals surface area contributed by atoms with Gasteiger partial charge in [-0.15, -0.1) is 0 Å². The van der Waals surface area contributed by atoms with Gasteiger partial charge in [-0.2, -0.15) is 0 Å². The Hall–Kier alpha value is -2.46. The first-order valence-corrected chi connectivity index (χ1v) is 15.9. The minimum atomic E-state index is -3.17. The van der Waals surface area contributed by atoms with Crippen LogP contribution in [0.5, 0.6) is 0 Å². The number of likely N-dealkylation sites (tertiary alicyclic amines) is 1. The average Bonchev–Trinajstić information content (AvgIpc) is 2.86. The molecule has 0 unspecified atom stereocenters. The number of amides is 2. The molecule has 2 aliphatic heterocycles. The van der Waals surface area contributed by atoms with Crippen LogP contribution in [0, 0.1) is 11.8 Å². The summed E-state index contributed by atoms with van der Waals surface area (Å²) in [7, 11) is -3.17. The van der Waals surface area contributed by atoms with Gasteiger partial charge in [-0.25, -0.2) is 17.5 Å². The van der Waals surface area contributed by atoms with E-state index < -0.39 is 39.6 Å². The molecule has 2 aliphatic rings. The number of benzene rings is 1. The molecule has 1 aromatic carbocycles. The van der Waals surface area contributed by atoms with Gasteiger partial charge >= 0.3 is 6.09 Å². The summed E-state index contributed by atoms with van der Waals surface area (Å²) < 4.78 is 30.7. The van der Waals surface area contributed by atoms with E-state index in [1.165, 1.54) is 10.6 Å². The monoisotopic (exact) mass is 563 g/mol. The molecule has 2 amide bonds. The van der Waals surface area contributed by atoms with Crippen LogP contribution in [0.25, 0.3) is 0 Å². The first-order valence-electron chi connectivity index (χ1n) is 14.0. The van der Waals surface area contributed by atoms with Crippen LogP contribution in [0.1, 0.15) is 83.3 Å². The minimum absolute atomic E-state index is 0.0145. The fraction of sp³-hybridized carbons (Fsp3) is 0.690. The predicted octanol–water partition coefficient (Wildman–Crippen LogP) is 3.85. The number of hydrogen-bond donors (Lipinski definition) is 1. The maximum Gasteiger partial charge on any atom is 0.410 e. The van der Waals surface area contributed by atoms with Gasteiger partial charge in [0.05, 0.1) is 12.3 Å². The lowest BCUT2D eigenvalue weighted by molar-refractivity contribution is -0.132. The Morgan fingerprint density at radius 1 is 1.05 bits per heavy atom. The molecule has 0 aromatic heterocycles. The summed E-state index contributed by atoms with van der Waals surface area (Å²) in [4.78, 5) is 40.5. The third-order valence-electron chi connectivity index (χ3n) is 7.94. The lowest BCUT2D eigenvalue weighted by Gasteiger charge is -2.41. The van der Waals surface area contributed by atoms with Crippen LogP contribution < -0.4 is 5.73 Å². The van der Waals surface area contributed by atoms with Gasteiger partial charge < -0.3 is 10.5 Å². The van der Waals surface area contributed by atoms with Gasteiger partial charge in [0.15, 0.2) is 5.78 Å². The molecule has 2 fully saturated rings. The Morgan fingerprint density at radius 3 is 2.18 bits per heavy atom. The van der Waals surface area contributed by atoms with E-state index in [0.717, 1.165) is 43.2 Å². The fourth-order valence-electron chi connectivity index (χ4n) is 5.83. The van der Waals surface area contributed by atoms with E-state index in [-0.39, 0.29) is 24.0 Å². The smallest absolute Gasteiger partial charge is 0.410 e. The molecule has 3 rings (SSSR count). The standard InChI is InChI=1S/C29H45N3O6S/c1-6-21-8-7-15-32(28(35)38-29(2,3)4)26(21)25(33)19-24(27(30)34)18-20-9-11-22(12-10-20)23-13-16-31(17-14-23)39(5,36)37/h9-12,21,23-24,26H,6-8,13-19H2,1-5H3,(H2,30,34)/t21-,24-,26+/m1/s1. The predicted molar refractivity (Wildman–Crippen MR) is 151 cm³/mol. The van der Waals surface area contributed by atoms with Crippen LogP contribution in [-0.2, 0) is 30.8 Å². The highest BCUT2D eigenvalue weighted by atomic mass is 32.2. The Labute approximate surface area is 233 Å². The van der Waals surface area contributed by atoms with Crippen LogP contribution in [0.3, 0.4) is 0 Å². The van der Waals surface area contributed by atoms with Crippen LogP contribution in [0.4, 0.5) is 4.79 Å². The van der Waals surface area contributed by atoms with Crippen molar-refractivity contribution in [3.05, 3.63) is 35.4 Å². The number of nitrogens with two attached hydrogens (primary N) is 1. The number of primary amides is 1. The third kappa shape index (κ3) is 8.51. The largest absolute Gasteiger partial charge is 0.444 e. The quantitative estimate of drug-likeness (QED) is 0.486. The number of carbonyl (C=O) groups excluding carboxylic acids is 3. The summed E-state index contributed by atoms with van der Waals surface area (Å²) in [5.74, 6) is -1.07. The summed E-state index contributed by atoms with van der Waals surface area (Å²) in [5.41, 5.74) is 7.13. The van der Waals surface area contributed by atoms with Crippen LogP contribution in [0.2, 0.25) is 0 Å². The van der Waals surface area contributed by atoms with Gasteiger partial charge in [0.2, 0.25) is 15.9 Å². The average molecular weight is 564 g/mol. The fourth-order valence-corrected chi connectivity index (χ4v) is 6.71. The first kappa shape index (κ1) is 31.1. The van der Waals surface area contributed by atoms with Crippen LogP contribution >= 0.6 is 0 Å². The molecule has 1 aromatic rings. The molecule has 2 saturated heterocycles. The minimum Gasteiger partial charge on any atom is -0.444 e. The topological polar surface area (TPSA) is 127 Å². The van der Waals surface area contributed by atoms with Gasteiger partial charge in [-0.05, 0) is 75.8 Å². The Morgan fingerprint density at radius 2 is 1.67 bits per heavy atom. The van der Waals surface area contributed by atoms with Gasteiger partial charge in [-0.3, -0.25) is 14.5 Å². The van der Waals surface area contributed by atoms with E-state index in [0.29, 0.717) is 26.1 Å².